The summed E-state index contributed by atoms with van der Waals surface area (Å²) >= 11 is 1.38. The molecule has 0 aliphatic heterocycles. The number of rotatable bonds is 6. The van der Waals surface area contributed by atoms with Gasteiger partial charge in [-0.2, -0.15) is 11.3 Å². The molecular formula is C13H15FNO3PS. The molecule has 2 rings (SSSR count). The average Bonchev–Trinajstić information content (AvgIpc) is 2.86. The molecule has 1 unspecified atom stereocenters. The molecule has 1 heterocycles. The first-order chi connectivity index (χ1) is 9.47. The van der Waals surface area contributed by atoms with Gasteiger partial charge < -0.3 is 9.79 Å². The Morgan fingerprint density at radius 1 is 1.35 bits per heavy atom. The second-order valence-corrected chi connectivity index (χ2v) is 6.86. The summed E-state index contributed by atoms with van der Waals surface area (Å²) in [6, 6.07) is 7.86. The lowest BCUT2D eigenvalue weighted by Gasteiger charge is -2.19. The summed E-state index contributed by atoms with van der Waals surface area (Å²) in [6.45, 7) is 0.356. The minimum atomic E-state index is -4.27. The summed E-state index contributed by atoms with van der Waals surface area (Å²) in [5.74, 6) is -1.32. The van der Waals surface area contributed by atoms with Crippen molar-refractivity contribution in [1.82, 2.24) is 5.32 Å². The van der Waals surface area contributed by atoms with Gasteiger partial charge in [-0.1, -0.05) is 12.1 Å². The molecule has 2 aromatic rings. The Hall–Kier alpha value is -1.04. The molecule has 1 atom stereocenters. The monoisotopic (exact) mass is 315 g/mol. The Balaban J connectivity index is 1.98. The Labute approximate surface area is 120 Å². The van der Waals surface area contributed by atoms with Crippen molar-refractivity contribution in [3.05, 3.63) is 58.0 Å². The van der Waals surface area contributed by atoms with Crippen LogP contribution in [0.1, 0.15) is 16.9 Å². The lowest BCUT2D eigenvalue weighted by molar-refractivity contribution is 0.348. The van der Waals surface area contributed by atoms with E-state index in [9.17, 15) is 18.7 Å². The fourth-order valence-corrected chi connectivity index (χ4v) is 3.61. The van der Waals surface area contributed by atoms with E-state index in [2.05, 4.69) is 5.32 Å². The normalized spacial score (nSPS) is 13.3. The first-order valence-corrected chi connectivity index (χ1v) is 8.64. The van der Waals surface area contributed by atoms with Crippen LogP contribution in [0.2, 0.25) is 0 Å². The Morgan fingerprint density at radius 3 is 2.75 bits per heavy atom. The van der Waals surface area contributed by atoms with Crippen molar-refractivity contribution in [2.75, 3.05) is 6.54 Å². The zero-order chi connectivity index (χ0) is 14.6. The molecule has 1 aromatic heterocycles. The molecule has 3 N–H and O–H groups in total. The van der Waals surface area contributed by atoms with Crippen LogP contribution in [0.4, 0.5) is 4.39 Å². The predicted octanol–water partition coefficient (Wildman–Crippen LogP) is 2.90. The van der Waals surface area contributed by atoms with Crippen molar-refractivity contribution in [1.29, 1.82) is 0 Å². The molecule has 1 aromatic carbocycles. The van der Waals surface area contributed by atoms with Gasteiger partial charge in [0.2, 0.25) is 0 Å². The minimum absolute atomic E-state index is 0.313. The van der Waals surface area contributed by atoms with Gasteiger partial charge in [0, 0.05) is 6.54 Å². The molecule has 0 saturated heterocycles. The third-order valence-corrected chi connectivity index (χ3v) is 4.69. The van der Waals surface area contributed by atoms with Crippen LogP contribution >= 0.6 is 18.9 Å². The van der Waals surface area contributed by atoms with Gasteiger partial charge in [-0.05, 0) is 46.5 Å². The van der Waals surface area contributed by atoms with Gasteiger partial charge in [-0.3, -0.25) is 9.88 Å². The van der Waals surface area contributed by atoms with Gasteiger partial charge in [-0.25, -0.2) is 4.39 Å². The van der Waals surface area contributed by atoms with Crippen molar-refractivity contribution < 1.29 is 18.7 Å². The van der Waals surface area contributed by atoms with Gasteiger partial charge >= 0.3 is 7.60 Å². The number of hydrogen-bond acceptors (Lipinski definition) is 3. The van der Waals surface area contributed by atoms with E-state index in [1.807, 2.05) is 0 Å². The van der Waals surface area contributed by atoms with Gasteiger partial charge in [0.1, 0.15) is 11.6 Å². The maximum Gasteiger partial charge on any atom is 0.346 e. The van der Waals surface area contributed by atoms with Crippen LogP contribution in [-0.2, 0) is 11.0 Å². The van der Waals surface area contributed by atoms with E-state index in [1.165, 1.54) is 23.5 Å². The Morgan fingerprint density at radius 2 is 2.15 bits per heavy atom. The lowest BCUT2D eigenvalue weighted by atomic mass is 10.1. The molecule has 0 amide bonds. The zero-order valence-corrected chi connectivity index (χ0v) is 12.3. The Bertz CT molecular complexity index is 599. The summed E-state index contributed by atoms with van der Waals surface area (Å²) in [6.07, 6.45) is 0.498. The summed E-state index contributed by atoms with van der Waals surface area (Å²) in [5.41, 5.74) is 1.36. The van der Waals surface area contributed by atoms with E-state index in [-0.39, 0.29) is 5.82 Å². The van der Waals surface area contributed by atoms with Gasteiger partial charge in [0.15, 0.2) is 0 Å². The molecule has 0 radical (unpaired) electrons. The molecule has 7 heteroatoms. The van der Waals surface area contributed by atoms with Crippen molar-refractivity contribution in [3.8, 4) is 0 Å². The molecule has 0 fully saturated rings. The summed E-state index contributed by atoms with van der Waals surface area (Å²) in [5, 5.41) is 6.33. The van der Waals surface area contributed by atoms with E-state index < -0.39 is 13.4 Å². The minimum Gasteiger partial charge on any atom is -0.323 e. The highest BCUT2D eigenvalue weighted by atomic mass is 32.1. The number of halogens is 1. The van der Waals surface area contributed by atoms with E-state index in [0.717, 1.165) is 5.56 Å². The van der Waals surface area contributed by atoms with Crippen molar-refractivity contribution >= 4 is 18.9 Å². The molecule has 0 spiro atoms. The van der Waals surface area contributed by atoms with Crippen LogP contribution in [0.15, 0.2) is 41.1 Å². The lowest BCUT2D eigenvalue weighted by Crippen LogP contribution is -2.23. The van der Waals surface area contributed by atoms with E-state index in [0.29, 0.717) is 18.5 Å². The zero-order valence-electron chi connectivity index (χ0n) is 10.6. The van der Waals surface area contributed by atoms with Crippen LogP contribution in [0.25, 0.3) is 0 Å². The van der Waals surface area contributed by atoms with E-state index in [1.54, 1.807) is 29.0 Å². The highest BCUT2D eigenvalue weighted by Crippen LogP contribution is 2.50. The van der Waals surface area contributed by atoms with Crippen LogP contribution in [0.5, 0.6) is 0 Å². The standard InChI is InChI=1S/C13H15FNO3PS/c14-12-3-1-2-10(8-12)4-6-15-13(19(16,17)18)11-5-7-20-9-11/h1-3,5,7-9,13,15H,4,6H2,(H2,16,17,18). The molecular weight excluding hydrogens is 300 g/mol. The number of thiophene rings is 1. The number of nitrogens with one attached hydrogen (secondary N) is 1. The Kier molecular flexibility index (Phi) is 5.07. The summed E-state index contributed by atoms with van der Waals surface area (Å²) < 4.78 is 24.5. The summed E-state index contributed by atoms with van der Waals surface area (Å²) in [4.78, 5) is 18.8. The predicted molar refractivity (Wildman–Crippen MR) is 77.2 cm³/mol. The largest absolute Gasteiger partial charge is 0.346 e. The smallest absolute Gasteiger partial charge is 0.323 e. The topological polar surface area (TPSA) is 69.6 Å². The third kappa shape index (κ3) is 4.23. The van der Waals surface area contributed by atoms with E-state index >= 15 is 0 Å². The fraction of sp³-hybridized carbons (Fsp3) is 0.231. The van der Waals surface area contributed by atoms with Gasteiger partial charge in [0.25, 0.3) is 0 Å². The van der Waals surface area contributed by atoms with Crippen LogP contribution in [-0.4, -0.2) is 16.3 Å². The average molecular weight is 315 g/mol. The highest BCUT2D eigenvalue weighted by molar-refractivity contribution is 7.52. The SMILES string of the molecule is O=P(O)(O)C(NCCc1cccc(F)c1)c1ccsc1. The van der Waals surface area contributed by atoms with Gasteiger partial charge in [0.05, 0.1) is 0 Å². The molecule has 0 aliphatic rings. The second-order valence-electron chi connectivity index (χ2n) is 4.38. The number of hydrogen-bond donors (Lipinski definition) is 3. The van der Waals surface area contributed by atoms with E-state index in [4.69, 9.17) is 0 Å². The molecule has 0 saturated carbocycles. The molecule has 4 nitrogen and oxygen atoms in total. The summed E-state index contributed by atoms with van der Waals surface area (Å²) in [7, 11) is -4.27. The van der Waals surface area contributed by atoms with Gasteiger partial charge in [-0.15, -0.1) is 0 Å². The molecule has 108 valence electrons. The quantitative estimate of drug-likeness (QED) is 0.717. The van der Waals surface area contributed by atoms with Crippen LogP contribution < -0.4 is 5.32 Å². The maximum atomic E-state index is 13.0. The van der Waals surface area contributed by atoms with Crippen molar-refractivity contribution in [2.24, 2.45) is 0 Å². The highest BCUT2D eigenvalue weighted by Gasteiger charge is 2.29. The first kappa shape index (κ1) is 15.4. The van der Waals surface area contributed by atoms with Crippen molar-refractivity contribution in [3.63, 3.8) is 0 Å². The first-order valence-electron chi connectivity index (χ1n) is 6.02. The molecule has 0 bridgehead atoms. The number of benzene rings is 1. The van der Waals surface area contributed by atoms with Crippen molar-refractivity contribution in [2.45, 2.75) is 12.2 Å². The van der Waals surface area contributed by atoms with Crippen LogP contribution in [0.3, 0.4) is 0 Å². The maximum absolute atomic E-state index is 13.0. The molecule has 0 aliphatic carbocycles. The third-order valence-electron chi connectivity index (χ3n) is 2.84. The van der Waals surface area contributed by atoms with Crippen LogP contribution in [0, 0.1) is 5.82 Å². The molecule has 20 heavy (non-hydrogen) atoms. The second kappa shape index (κ2) is 6.61. The fourth-order valence-electron chi connectivity index (χ4n) is 1.91.